The first-order valence-corrected chi connectivity index (χ1v) is 8.28. The van der Waals surface area contributed by atoms with Crippen LogP contribution < -0.4 is 5.32 Å². The Balaban J connectivity index is 1.59. The number of aromatic nitrogens is 3. The van der Waals surface area contributed by atoms with Crippen molar-refractivity contribution in [3.63, 3.8) is 0 Å². The van der Waals surface area contributed by atoms with Gasteiger partial charge in [-0.3, -0.25) is 9.48 Å². The smallest absolute Gasteiger partial charge is 0.246 e. The van der Waals surface area contributed by atoms with Gasteiger partial charge in [-0.05, 0) is 44.0 Å². The maximum Gasteiger partial charge on any atom is 0.246 e. The third kappa shape index (κ3) is 3.82. The van der Waals surface area contributed by atoms with E-state index in [-0.39, 0.29) is 11.9 Å². The van der Waals surface area contributed by atoms with Crippen LogP contribution >= 0.6 is 0 Å². The Morgan fingerprint density at radius 2 is 2.29 bits per heavy atom. The lowest BCUT2D eigenvalue weighted by molar-refractivity contribution is -0.126. The SMILES string of the molecule is Cc1cccc(NCC2CCCN2C(=O)/C=C/c2ccnn2C)n1. The van der Waals surface area contributed by atoms with E-state index < -0.39 is 0 Å². The molecule has 3 heterocycles. The molecule has 6 heteroatoms. The highest BCUT2D eigenvalue weighted by molar-refractivity contribution is 5.92. The van der Waals surface area contributed by atoms with Gasteiger partial charge < -0.3 is 10.2 Å². The van der Waals surface area contributed by atoms with E-state index >= 15 is 0 Å². The molecule has 0 saturated carbocycles. The lowest BCUT2D eigenvalue weighted by Gasteiger charge is -2.24. The van der Waals surface area contributed by atoms with Crippen LogP contribution in [0.1, 0.15) is 24.2 Å². The highest BCUT2D eigenvalue weighted by atomic mass is 16.2. The summed E-state index contributed by atoms with van der Waals surface area (Å²) in [6.45, 7) is 3.50. The maximum atomic E-state index is 12.5. The number of pyridine rings is 1. The fraction of sp³-hybridized carbons (Fsp3) is 0.389. The van der Waals surface area contributed by atoms with Crippen molar-refractivity contribution in [2.45, 2.75) is 25.8 Å². The van der Waals surface area contributed by atoms with Gasteiger partial charge in [-0.15, -0.1) is 0 Å². The minimum atomic E-state index is 0.0534. The van der Waals surface area contributed by atoms with E-state index in [0.29, 0.717) is 0 Å². The highest BCUT2D eigenvalue weighted by Gasteiger charge is 2.27. The monoisotopic (exact) mass is 325 g/mol. The lowest BCUT2D eigenvalue weighted by Crippen LogP contribution is -2.38. The standard InChI is InChI=1S/C18H23N5O/c1-14-5-3-7-17(21-14)19-13-16-6-4-12-23(16)18(24)9-8-15-10-11-20-22(15)2/h3,5,7-11,16H,4,6,12-13H2,1-2H3,(H,19,21)/b9-8+. The molecule has 1 unspecified atom stereocenters. The fourth-order valence-electron chi connectivity index (χ4n) is 3.00. The molecule has 1 aliphatic rings. The zero-order valence-electron chi connectivity index (χ0n) is 14.1. The summed E-state index contributed by atoms with van der Waals surface area (Å²) in [5.74, 6) is 0.914. The molecule has 0 radical (unpaired) electrons. The van der Waals surface area contributed by atoms with Crippen molar-refractivity contribution in [1.29, 1.82) is 0 Å². The Hall–Kier alpha value is -2.63. The zero-order valence-corrected chi connectivity index (χ0v) is 14.1. The minimum Gasteiger partial charge on any atom is -0.368 e. The summed E-state index contributed by atoms with van der Waals surface area (Å²) in [7, 11) is 1.86. The van der Waals surface area contributed by atoms with Gasteiger partial charge in [0.2, 0.25) is 5.91 Å². The molecule has 126 valence electrons. The predicted molar refractivity (Wildman–Crippen MR) is 94.4 cm³/mol. The van der Waals surface area contributed by atoms with Gasteiger partial charge in [0.25, 0.3) is 0 Å². The summed E-state index contributed by atoms with van der Waals surface area (Å²) in [5, 5.41) is 7.45. The molecule has 6 nitrogen and oxygen atoms in total. The van der Waals surface area contributed by atoms with Crippen LogP contribution in [0, 0.1) is 6.92 Å². The molecule has 3 rings (SSSR count). The topological polar surface area (TPSA) is 63.1 Å². The molecular weight excluding hydrogens is 302 g/mol. The molecule has 0 aromatic carbocycles. The summed E-state index contributed by atoms with van der Waals surface area (Å²) < 4.78 is 1.75. The molecule has 1 N–H and O–H groups in total. The van der Waals surface area contributed by atoms with Crippen LogP contribution in [0.25, 0.3) is 6.08 Å². The Morgan fingerprint density at radius 1 is 1.42 bits per heavy atom. The van der Waals surface area contributed by atoms with Crippen molar-refractivity contribution in [2.24, 2.45) is 7.05 Å². The van der Waals surface area contributed by atoms with Crippen LogP contribution in [-0.4, -0.2) is 44.7 Å². The second kappa shape index (κ2) is 7.29. The van der Waals surface area contributed by atoms with E-state index in [1.807, 2.05) is 49.2 Å². The second-order valence-electron chi connectivity index (χ2n) is 6.09. The summed E-state index contributed by atoms with van der Waals surface area (Å²) in [6.07, 6.45) is 7.24. The number of anilines is 1. The van der Waals surface area contributed by atoms with Gasteiger partial charge in [-0.2, -0.15) is 5.10 Å². The second-order valence-corrected chi connectivity index (χ2v) is 6.09. The number of aryl methyl sites for hydroxylation is 2. The first-order chi connectivity index (χ1) is 11.6. The summed E-state index contributed by atoms with van der Waals surface area (Å²) in [6, 6.07) is 8.00. The molecule has 1 aliphatic heterocycles. The molecule has 1 fully saturated rings. The molecule has 0 spiro atoms. The van der Waals surface area contributed by atoms with E-state index in [2.05, 4.69) is 15.4 Å². The molecule has 1 saturated heterocycles. The minimum absolute atomic E-state index is 0.0534. The van der Waals surface area contributed by atoms with Crippen LogP contribution in [0.5, 0.6) is 0 Å². The largest absolute Gasteiger partial charge is 0.368 e. The molecule has 1 amide bonds. The number of nitrogens with one attached hydrogen (secondary N) is 1. The first-order valence-electron chi connectivity index (χ1n) is 8.28. The van der Waals surface area contributed by atoms with Crippen LogP contribution in [-0.2, 0) is 11.8 Å². The Morgan fingerprint density at radius 3 is 3.04 bits per heavy atom. The first kappa shape index (κ1) is 16.2. The maximum absolute atomic E-state index is 12.5. The number of carbonyl (C=O) groups excluding carboxylic acids is 1. The van der Waals surface area contributed by atoms with Crippen molar-refractivity contribution >= 4 is 17.8 Å². The van der Waals surface area contributed by atoms with E-state index in [9.17, 15) is 4.79 Å². The van der Waals surface area contributed by atoms with E-state index in [1.54, 1.807) is 17.0 Å². The molecule has 0 aliphatic carbocycles. The quantitative estimate of drug-likeness (QED) is 0.857. The number of nitrogens with zero attached hydrogens (tertiary/aromatic N) is 4. The van der Waals surface area contributed by atoms with Crippen LogP contribution in [0.4, 0.5) is 5.82 Å². The number of rotatable bonds is 5. The van der Waals surface area contributed by atoms with Crippen LogP contribution in [0.15, 0.2) is 36.5 Å². The lowest BCUT2D eigenvalue weighted by atomic mass is 10.2. The van der Waals surface area contributed by atoms with Crippen LogP contribution in [0.2, 0.25) is 0 Å². The van der Waals surface area contributed by atoms with Gasteiger partial charge >= 0.3 is 0 Å². The number of amides is 1. The predicted octanol–water partition coefficient (Wildman–Crippen LogP) is 2.24. The van der Waals surface area contributed by atoms with E-state index in [1.165, 1.54) is 0 Å². The van der Waals surface area contributed by atoms with Gasteiger partial charge in [-0.25, -0.2) is 4.98 Å². The zero-order chi connectivity index (χ0) is 16.9. The van der Waals surface area contributed by atoms with Crippen molar-refractivity contribution in [3.8, 4) is 0 Å². The van der Waals surface area contributed by atoms with Crippen LogP contribution in [0.3, 0.4) is 0 Å². The molecule has 0 bridgehead atoms. The molecule has 1 atom stereocenters. The Kier molecular flexibility index (Phi) is 4.93. The number of hydrogen-bond acceptors (Lipinski definition) is 4. The van der Waals surface area contributed by atoms with Gasteiger partial charge in [0, 0.05) is 44.1 Å². The van der Waals surface area contributed by atoms with Crippen molar-refractivity contribution in [2.75, 3.05) is 18.4 Å². The molecule has 24 heavy (non-hydrogen) atoms. The summed E-state index contributed by atoms with van der Waals surface area (Å²) in [5.41, 5.74) is 1.90. The summed E-state index contributed by atoms with van der Waals surface area (Å²) >= 11 is 0. The van der Waals surface area contributed by atoms with Gasteiger partial charge in [0.05, 0.1) is 5.69 Å². The average Bonchev–Trinajstić information content (AvgIpc) is 3.19. The van der Waals surface area contributed by atoms with Crippen molar-refractivity contribution < 1.29 is 4.79 Å². The number of carbonyl (C=O) groups is 1. The number of likely N-dealkylation sites (tertiary alicyclic amines) is 1. The van der Waals surface area contributed by atoms with E-state index in [4.69, 9.17) is 0 Å². The van der Waals surface area contributed by atoms with Gasteiger partial charge in [-0.1, -0.05) is 6.07 Å². The van der Waals surface area contributed by atoms with Crippen molar-refractivity contribution in [1.82, 2.24) is 19.7 Å². The highest BCUT2D eigenvalue weighted by Crippen LogP contribution is 2.18. The average molecular weight is 325 g/mol. The van der Waals surface area contributed by atoms with Gasteiger partial charge in [0.15, 0.2) is 0 Å². The van der Waals surface area contributed by atoms with Crippen molar-refractivity contribution in [3.05, 3.63) is 47.9 Å². The number of hydrogen-bond donors (Lipinski definition) is 1. The third-order valence-corrected chi connectivity index (χ3v) is 4.32. The molecule has 2 aromatic heterocycles. The normalized spacial score (nSPS) is 17.6. The summed E-state index contributed by atoms with van der Waals surface area (Å²) in [4.78, 5) is 18.9. The van der Waals surface area contributed by atoms with Gasteiger partial charge in [0.1, 0.15) is 5.82 Å². The molecule has 2 aromatic rings. The Bertz CT molecular complexity index is 737. The fourth-order valence-corrected chi connectivity index (χ4v) is 3.00. The Labute approximate surface area is 142 Å². The van der Waals surface area contributed by atoms with E-state index in [0.717, 1.165) is 43.1 Å². The molecular formula is C18H23N5O. The third-order valence-electron chi connectivity index (χ3n) is 4.32.